The van der Waals surface area contributed by atoms with Crippen LogP contribution in [0.2, 0.25) is 0 Å². The Morgan fingerprint density at radius 3 is 2.44 bits per heavy atom. The third-order valence-electron chi connectivity index (χ3n) is 2.89. The van der Waals surface area contributed by atoms with Crippen LogP contribution in [0.25, 0.3) is 0 Å². The molecule has 18 heavy (non-hydrogen) atoms. The van der Waals surface area contributed by atoms with E-state index in [2.05, 4.69) is 26.0 Å². The molecule has 0 aromatic heterocycles. The van der Waals surface area contributed by atoms with E-state index in [0.717, 1.165) is 25.0 Å². The van der Waals surface area contributed by atoms with Crippen molar-refractivity contribution in [1.29, 1.82) is 0 Å². The monoisotopic (exact) mass is 251 g/mol. The largest absolute Gasteiger partial charge is 0.494 e. The molecule has 3 heteroatoms. The van der Waals surface area contributed by atoms with E-state index in [1.807, 2.05) is 12.1 Å². The molecule has 0 spiro atoms. The van der Waals surface area contributed by atoms with Gasteiger partial charge in [0, 0.05) is 19.1 Å². The van der Waals surface area contributed by atoms with Crippen molar-refractivity contribution in [3.05, 3.63) is 29.8 Å². The zero-order valence-electron chi connectivity index (χ0n) is 11.5. The smallest absolute Gasteiger partial charge is 0.119 e. The molecule has 0 aliphatic rings. The van der Waals surface area contributed by atoms with Crippen LogP contribution in [0.1, 0.15) is 32.3 Å². The second-order valence-electron chi connectivity index (χ2n) is 4.44. The van der Waals surface area contributed by atoms with Gasteiger partial charge in [0.15, 0.2) is 0 Å². The molecule has 0 radical (unpaired) electrons. The van der Waals surface area contributed by atoms with Gasteiger partial charge >= 0.3 is 0 Å². The number of nitrogens with two attached hydrogens (primary N) is 1. The van der Waals surface area contributed by atoms with Gasteiger partial charge in [-0.3, -0.25) is 0 Å². The van der Waals surface area contributed by atoms with Crippen molar-refractivity contribution in [3.63, 3.8) is 0 Å². The van der Waals surface area contributed by atoms with E-state index in [-0.39, 0.29) is 6.04 Å². The average Bonchev–Trinajstić information content (AvgIpc) is 2.43. The van der Waals surface area contributed by atoms with E-state index >= 15 is 0 Å². The minimum absolute atomic E-state index is 0.160. The molecule has 0 saturated heterocycles. The molecule has 1 rings (SSSR count). The summed E-state index contributed by atoms with van der Waals surface area (Å²) in [5.41, 5.74) is 7.08. The topological polar surface area (TPSA) is 44.5 Å². The molecule has 0 bridgehead atoms. The summed E-state index contributed by atoms with van der Waals surface area (Å²) in [7, 11) is 0. The van der Waals surface area contributed by atoms with Crippen LogP contribution in [0.5, 0.6) is 5.75 Å². The lowest BCUT2D eigenvalue weighted by atomic mass is 10.2. The highest BCUT2D eigenvalue weighted by atomic mass is 16.5. The molecule has 1 aromatic carbocycles. The van der Waals surface area contributed by atoms with Crippen LogP contribution < -0.4 is 10.5 Å². The fourth-order valence-corrected chi connectivity index (χ4v) is 1.52. The summed E-state index contributed by atoms with van der Waals surface area (Å²) in [6.07, 6.45) is 2.91. The van der Waals surface area contributed by atoms with E-state index in [9.17, 15) is 0 Å². The fraction of sp³-hybridized carbons (Fsp3) is 0.600. The Kier molecular flexibility index (Phi) is 7.46. The first kappa shape index (κ1) is 15.0. The Hall–Kier alpha value is -1.06. The van der Waals surface area contributed by atoms with E-state index < -0.39 is 0 Å². The molecular formula is C15H25NO2. The molecule has 3 nitrogen and oxygen atoms in total. The summed E-state index contributed by atoms with van der Waals surface area (Å²) >= 11 is 0. The fourth-order valence-electron chi connectivity index (χ4n) is 1.52. The minimum Gasteiger partial charge on any atom is -0.494 e. The summed E-state index contributed by atoms with van der Waals surface area (Å²) in [4.78, 5) is 0. The van der Waals surface area contributed by atoms with Gasteiger partial charge in [0.05, 0.1) is 13.2 Å². The predicted octanol–water partition coefficient (Wildman–Crippen LogP) is 2.77. The van der Waals surface area contributed by atoms with Crippen LogP contribution in [0.4, 0.5) is 0 Å². The Bertz CT molecular complexity index is 311. The van der Waals surface area contributed by atoms with Crippen molar-refractivity contribution in [3.8, 4) is 5.75 Å². The Morgan fingerprint density at radius 1 is 1.11 bits per heavy atom. The van der Waals surface area contributed by atoms with Crippen LogP contribution in [0.15, 0.2) is 24.3 Å². The number of hydrogen-bond donors (Lipinski definition) is 1. The molecule has 1 unspecified atom stereocenters. The maximum Gasteiger partial charge on any atom is 0.119 e. The Balaban J connectivity index is 2.06. The molecule has 1 atom stereocenters. The van der Waals surface area contributed by atoms with Gasteiger partial charge in [-0.2, -0.15) is 0 Å². The molecular weight excluding hydrogens is 226 g/mol. The molecule has 0 heterocycles. The lowest BCUT2D eigenvalue weighted by molar-refractivity contribution is 0.107. The van der Waals surface area contributed by atoms with Gasteiger partial charge in [-0.25, -0.2) is 0 Å². The van der Waals surface area contributed by atoms with Gasteiger partial charge in [0.2, 0.25) is 0 Å². The lowest BCUT2D eigenvalue weighted by Gasteiger charge is -2.10. The maximum atomic E-state index is 5.75. The average molecular weight is 251 g/mol. The summed E-state index contributed by atoms with van der Waals surface area (Å²) in [6.45, 7) is 6.25. The molecule has 2 N–H and O–H groups in total. The Morgan fingerprint density at radius 2 is 1.83 bits per heavy atom. The predicted molar refractivity (Wildman–Crippen MR) is 75.0 cm³/mol. The minimum atomic E-state index is 0.160. The third-order valence-corrected chi connectivity index (χ3v) is 2.89. The summed E-state index contributed by atoms with van der Waals surface area (Å²) in [5, 5.41) is 0. The third kappa shape index (κ3) is 6.03. The summed E-state index contributed by atoms with van der Waals surface area (Å²) < 4.78 is 11.1. The summed E-state index contributed by atoms with van der Waals surface area (Å²) in [5.74, 6) is 0.928. The quantitative estimate of drug-likeness (QED) is 0.686. The second kappa shape index (κ2) is 8.95. The molecule has 0 fully saturated rings. The van der Waals surface area contributed by atoms with Gasteiger partial charge in [0.1, 0.15) is 5.75 Å². The van der Waals surface area contributed by atoms with Crippen LogP contribution in [0, 0.1) is 0 Å². The van der Waals surface area contributed by atoms with Crippen LogP contribution in [-0.4, -0.2) is 25.9 Å². The standard InChI is InChI=1S/C15H25NO2/c1-3-13-6-8-15(9-7-13)18-11-5-10-17-12-14(16)4-2/h6-9,14H,3-5,10-12,16H2,1-2H3. The normalized spacial score (nSPS) is 12.4. The van der Waals surface area contributed by atoms with Crippen LogP contribution in [0.3, 0.4) is 0 Å². The summed E-state index contributed by atoms with van der Waals surface area (Å²) in [6, 6.07) is 8.41. The molecule has 1 aromatic rings. The van der Waals surface area contributed by atoms with Crippen LogP contribution in [-0.2, 0) is 11.2 Å². The first-order valence-corrected chi connectivity index (χ1v) is 6.81. The number of aryl methyl sites for hydroxylation is 1. The number of ether oxygens (including phenoxy) is 2. The first-order valence-electron chi connectivity index (χ1n) is 6.81. The molecule has 0 saturated carbocycles. The SMILES string of the molecule is CCc1ccc(OCCCOCC(N)CC)cc1. The van der Waals surface area contributed by atoms with Gasteiger partial charge in [-0.05, 0) is 30.5 Å². The van der Waals surface area contributed by atoms with Gasteiger partial charge in [0.25, 0.3) is 0 Å². The van der Waals surface area contributed by atoms with Crippen molar-refractivity contribution >= 4 is 0 Å². The highest BCUT2D eigenvalue weighted by Gasteiger charge is 1.98. The van der Waals surface area contributed by atoms with Crippen molar-refractivity contribution in [1.82, 2.24) is 0 Å². The number of rotatable bonds is 9. The van der Waals surface area contributed by atoms with Crippen molar-refractivity contribution in [2.75, 3.05) is 19.8 Å². The zero-order valence-corrected chi connectivity index (χ0v) is 11.5. The first-order chi connectivity index (χ1) is 8.76. The molecule has 0 aliphatic heterocycles. The number of hydrogen-bond acceptors (Lipinski definition) is 3. The highest BCUT2D eigenvalue weighted by molar-refractivity contribution is 5.27. The zero-order chi connectivity index (χ0) is 13.2. The maximum absolute atomic E-state index is 5.75. The lowest BCUT2D eigenvalue weighted by Crippen LogP contribution is -2.25. The van der Waals surface area contributed by atoms with Gasteiger partial charge in [-0.15, -0.1) is 0 Å². The van der Waals surface area contributed by atoms with E-state index in [1.165, 1.54) is 5.56 Å². The van der Waals surface area contributed by atoms with Crippen LogP contribution >= 0.6 is 0 Å². The van der Waals surface area contributed by atoms with E-state index in [0.29, 0.717) is 19.8 Å². The van der Waals surface area contributed by atoms with Crippen molar-refractivity contribution in [2.45, 2.75) is 39.2 Å². The Labute approximate surface area is 110 Å². The van der Waals surface area contributed by atoms with Gasteiger partial charge < -0.3 is 15.2 Å². The van der Waals surface area contributed by atoms with E-state index in [1.54, 1.807) is 0 Å². The number of benzene rings is 1. The highest BCUT2D eigenvalue weighted by Crippen LogP contribution is 2.12. The van der Waals surface area contributed by atoms with Gasteiger partial charge in [-0.1, -0.05) is 26.0 Å². The molecule has 0 amide bonds. The van der Waals surface area contributed by atoms with Crippen molar-refractivity contribution in [2.24, 2.45) is 5.73 Å². The molecule has 102 valence electrons. The second-order valence-corrected chi connectivity index (χ2v) is 4.44. The van der Waals surface area contributed by atoms with Crippen molar-refractivity contribution < 1.29 is 9.47 Å². The van der Waals surface area contributed by atoms with E-state index in [4.69, 9.17) is 15.2 Å². The molecule has 0 aliphatic carbocycles.